The van der Waals surface area contributed by atoms with Gasteiger partial charge in [-0.1, -0.05) is 30.5 Å². The first-order valence-corrected chi connectivity index (χ1v) is 7.32. The molecule has 0 aliphatic heterocycles. The zero-order valence-corrected chi connectivity index (χ0v) is 11.3. The van der Waals surface area contributed by atoms with Crippen LogP contribution in [0.2, 0.25) is 0 Å². The Labute approximate surface area is 113 Å². The summed E-state index contributed by atoms with van der Waals surface area (Å²) in [7, 11) is -3.60. The van der Waals surface area contributed by atoms with Gasteiger partial charge in [0.25, 0.3) is 0 Å². The Hall–Kier alpha value is -2.02. The van der Waals surface area contributed by atoms with Gasteiger partial charge in [0.2, 0.25) is 0 Å². The van der Waals surface area contributed by atoms with Crippen molar-refractivity contribution in [2.24, 2.45) is 0 Å². The van der Waals surface area contributed by atoms with Crippen molar-refractivity contribution in [3.05, 3.63) is 48.9 Å². The van der Waals surface area contributed by atoms with Crippen LogP contribution in [0.3, 0.4) is 0 Å². The second-order valence-corrected chi connectivity index (χ2v) is 5.94. The van der Waals surface area contributed by atoms with Gasteiger partial charge in [0.05, 0.1) is 17.6 Å². The number of hydrogen-bond acceptors (Lipinski definition) is 4. The average molecular weight is 277 g/mol. The molecule has 5 heteroatoms. The normalized spacial score (nSPS) is 11.9. The largest absolute Gasteiger partial charge is 0.493 e. The highest BCUT2D eigenvalue weighted by atomic mass is 32.2. The van der Waals surface area contributed by atoms with Crippen molar-refractivity contribution in [1.29, 1.82) is 5.26 Å². The van der Waals surface area contributed by atoms with E-state index in [1.165, 1.54) is 18.4 Å². The van der Waals surface area contributed by atoms with E-state index in [1.807, 2.05) is 6.07 Å². The molecule has 0 N–H and O–H groups in total. The number of nitriles is 1. The van der Waals surface area contributed by atoms with Crippen molar-refractivity contribution < 1.29 is 13.2 Å². The Morgan fingerprint density at radius 2 is 2.05 bits per heavy atom. The summed E-state index contributed by atoms with van der Waals surface area (Å²) < 4.78 is 29.4. The smallest absolute Gasteiger partial charge is 0.194 e. The maximum atomic E-state index is 12.2. The van der Waals surface area contributed by atoms with Crippen molar-refractivity contribution in [1.82, 2.24) is 0 Å². The maximum Gasteiger partial charge on any atom is 0.194 e. The molecule has 1 unspecified atom stereocenters. The fourth-order valence-corrected chi connectivity index (χ4v) is 3.01. The highest BCUT2D eigenvalue weighted by Gasteiger charge is 2.26. The van der Waals surface area contributed by atoms with Gasteiger partial charge in [-0.2, -0.15) is 5.26 Å². The molecule has 0 aliphatic carbocycles. The lowest BCUT2D eigenvalue weighted by Gasteiger charge is -2.10. The molecular formula is C14H15NO3S. The first-order chi connectivity index (χ1) is 9.12. The van der Waals surface area contributed by atoms with Crippen molar-refractivity contribution >= 4 is 9.84 Å². The summed E-state index contributed by atoms with van der Waals surface area (Å²) in [6.07, 6.45) is 2.02. The zero-order chi connectivity index (χ0) is 14.1. The van der Waals surface area contributed by atoms with Crippen molar-refractivity contribution in [2.45, 2.75) is 23.0 Å². The summed E-state index contributed by atoms with van der Waals surface area (Å²) in [5.74, 6) is 0. The molecule has 1 aromatic rings. The minimum absolute atomic E-state index is 0.174. The molecule has 0 aliphatic rings. The van der Waals surface area contributed by atoms with Crippen LogP contribution in [0.25, 0.3) is 0 Å². The lowest BCUT2D eigenvalue weighted by Crippen LogP contribution is -2.20. The summed E-state index contributed by atoms with van der Waals surface area (Å²) in [5.41, 5.74) is 2.45. The zero-order valence-electron chi connectivity index (χ0n) is 10.5. The second-order valence-electron chi connectivity index (χ2n) is 3.81. The lowest BCUT2D eigenvalue weighted by molar-refractivity contribution is 0.243. The SMILES string of the molecule is C=C=COCCCC(C#N)S(=O)(=O)c1ccccc1. The minimum Gasteiger partial charge on any atom is -0.493 e. The van der Waals surface area contributed by atoms with E-state index in [-0.39, 0.29) is 11.3 Å². The monoisotopic (exact) mass is 277 g/mol. The quantitative estimate of drug-likeness (QED) is 0.436. The highest BCUT2D eigenvalue weighted by molar-refractivity contribution is 7.92. The first-order valence-electron chi connectivity index (χ1n) is 5.77. The molecule has 1 atom stereocenters. The number of hydrogen-bond donors (Lipinski definition) is 0. The van der Waals surface area contributed by atoms with Gasteiger partial charge >= 0.3 is 0 Å². The molecule has 0 saturated carbocycles. The summed E-state index contributed by atoms with van der Waals surface area (Å²) in [6, 6.07) is 9.85. The fraction of sp³-hybridized carbons (Fsp3) is 0.286. The van der Waals surface area contributed by atoms with Gasteiger partial charge in [0, 0.05) is 0 Å². The van der Waals surface area contributed by atoms with Gasteiger partial charge in [-0.3, -0.25) is 0 Å². The van der Waals surface area contributed by atoms with Crippen LogP contribution in [0.15, 0.2) is 53.8 Å². The lowest BCUT2D eigenvalue weighted by atomic mass is 10.2. The van der Waals surface area contributed by atoms with E-state index in [1.54, 1.807) is 18.2 Å². The van der Waals surface area contributed by atoms with Crippen LogP contribution in [0.5, 0.6) is 0 Å². The fourth-order valence-electron chi connectivity index (χ4n) is 1.53. The standard InChI is InChI=1S/C14H15NO3S/c1-2-10-18-11-6-9-14(12-15)19(16,17)13-7-4-3-5-8-13/h3-5,7-8,10,14H,1,6,9,11H2. The summed E-state index contributed by atoms with van der Waals surface area (Å²) in [5, 5.41) is 7.98. The molecule has 0 heterocycles. The van der Waals surface area contributed by atoms with E-state index in [2.05, 4.69) is 12.3 Å². The van der Waals surface area contributed by atoms with Crippen LogP contribution in [-0.4, -0.2) is 20.3 Å². The van der Waals surface area contributed by atoms with Crippen LogP contribution in [-0.2, 0) is 14.6 Å². The van der Waals surface area contributed by atoms with Crippen molar-refractivity contribution in [3.63, 3.8) is 0 Å². The van der Waals surface area contributed by atoms with Gasteiger partial charge in [0.15, 0.2) is 15.1 Å². The van der Waals surface area contributed by atoms with Crippen molar-refractivity contribution in [3.8, 4) is 6.07 Å². The molecule has 0 fully saturated rings. The molecule has 0 saturated heterocycles. The maximum absolute atomic E-state index is 12.2. The summed E-state index contributed by atoms with van der Waals surface area (Å²) >= 11 is 0. The summed E-state index contributed by atoms with van der Waals surface area (Å²) in [6.45, 7) is 3.67. The molecular weight excluding hydrogens is 262 g/mol. The Kier molecular flexibility index (Phi) is 5.87. The number of sulfone groups is 1. The molecule has 4 nitrogen and oxygen atoms in total. The molecule has 0 amide bonds. The van der Waals surface area contributed by atoms with Crippen LogP contribution < -0.4 is 0 Å². The van der Waals surface area contributed by atoms with E-state index < -0.39 is 15.1 Å². The molecule has 0 aromatic heterocycles. The number of ether oxygens (including phenoxy) is 1. The van der Waals surface area contributed by atoms with Gasteiger partial charge in [-0.05, 0) is 25.0 Å². The molecule has 1 aromatic carbocycles. The number of rotatable bonds is 7. The number of nitrogens with zero attached hydrogens (tertiary/aromatic N) is 1. The van der Waals surface area contributed by atoms with Gasteiger partial charge in [-0.15, -0.1) is 0 Å². The highest BCUT2D eigenvalue weighted by Crippen LogP contribution is 2.18. The van der Waals surface area contributed by atoms with Crippen molar-refractivity contribution in [2.75, 3.05) is 6.61 Å². The van der Waals surface area contributed by atoms with Crippen LogP contribution in [0.4, 0.5) is 0 Å². The summed E-state index contributed by atoms with van der Waals surface area (Å²) in [4.78, 5) is 0.174. The predicted octanol–water partition coefficient (Wildman–Crippen LogP) is 2.45. The molecule has 0 spiro atoms. The van der Waals surface area contributed by atoms with Crippen LogP contribution in [0.1, 0.15) is 12.8 Å². The Morgan fingerprint density at radius 1 is 1.37 bits per heavy atom. The van der Waals surface area contributed by atoms with E-state index in [0.717, 1.165) is 0 Å². The Balaban J connectivity index is 2.70. The number of benzene rings is 1. The van der Waals surface area contributed by atoms with Gasteiger partial charge in [0.1, 0.15) is 6.26 Å². The van der Waals surface area contributed by atoms with Crippen LogP contribution in [0, 0.1) is 11.3 Å². The second kappa shape index (κ2) is 7.42. The molecule has 100 valence electrons. The first kappa shape index (κ1) is 15.0. The van der Waals surface area contributed by atoms with Gasteiger partial charge in [-0.25, -0.2) is 8.42 Å². The molecule has 1 rings (SSSR count). The molecule has 0 bridgehead atoms. The topological polar surface area (TPSA) is 67.2 Å². The van der Waals surface area contributed by atoms with E-state index in [9.17, 15) is 8.42 Å². The molecule has 0 radical (unpaired) electrons. The van der Waals surface area contributed by atoms with Gasteiger partial charge < -0.3 is 4.74 Å². The Morgan fingerprint density at radius 3 is 2.63 bits per heavy atom. The third kappa shape index (κ3) is 4.29. The third-order valence-electron chi connectivity index (χ3n) is 2.49. The van der Waals surface area contributed by atoms with Crippen LogP contribution >= 0.6 is 0 Å². The van der Waals surface area contributed by atoms with E-state index in [4.69, 9.17) is 10.00 Å². The predicted molar refractivity (Wildman–Crippen MR) is 71.9 cm³/mol. The Bertz CT molecular complexity index is 581. The van der Waals surface area contributed by atoms with E-state index in [0.29, 0.717) is 13.0 Å². The average Bonchev–Trinajstić information content (AvgIpc) is 2.43. The van der Waals surface area contributed by atoms with E-state index >= 15 is 0 Å². The molecule has 19 heavy (non-hydrogen) atoms. The third-order valence-corrected chi connectivity index (χ3v) is 4.50. The minimum atomic E-state index is -3.60.